The van der Waals surface area contributed by atoms with Crippen molar-refractivity contribution in [3.05, 3.63) is 29.8 Å². The standard InChI is InChI=1S/C14H20N2O4S/c1-15(20-2)14(17)12-7-6-8-13(11-12)21(18,19)16-9-4-3-5-10-16/h6-8,11H,3-5,9-10H2,1-2H3. The number of benzene rings is 1. The first-order valence-electron chi connectivity index (χ1n) is 6.89. The molecule has 1 saturated heterocycles. The Balaban J connectivity index is 2.30. The highest BCUT2D eigenvalue weighted by Gasteiger charge is 2.26. The molecule has 0 spiro atoms. The molecule has 0 radical (unpaired) electrons. The summed E-state index contributed by atoms with van der Waals surface area (Å²) >= 11 is 0. The fourth-order valence-electron chi connectivity index (χ4n) is 2.31. The molecule has 1 aliphatic rings. The molecule has 1 aromatic carbocycles. The zero-order valence-corrected chi connectivity index (χ0v) is 13.1. The van der Waals surface area contributed by atoms with Gasteiger partial charge >= 0.3 is 0 Å². The number of hydrogen-bond donors (Lipinski definition) is 0. The first-order chi connectivity index (χ1) is 9.96. The molecule has 0 atom stereocenters. The minimum Gasteiger partial charge on any atom is -0.274 e. The van der Waals surface area contributed by atoms with E-state index in [9.17, 15) is 13.2 Å². The van der Waals surface area contributed by atoms with Crippen LogP contribution in [0.1, 0.15) is 29.6 Å². The monoisotopic (exact) mass is 312 g/mol. The van der Waals surface area contributed by atoms with Crippen LogP contribution in [0.25, 0.3) is 0 Å². The lowest BCUT2D eigenvalue weighted by Gasteiger charge is -2.26. The van der Waals surface area contributed by atoms with Gasteiger partial charge in [0.05, 0.1) is 12.0 Å². The summed E-state index contributed by atoms with van der Waals surface area (Å²) in [4.78, 5) is 17.0. The van der Waals surface area contributed by atoms with Crippen LogP contribution in [0, 0.1) is 0 Å². The Bertz CT molecular complexity index is 609. The summed E-state index contributed by atoms with van der Waals surface area (Å²) in [6.45, 7) is 1.08. The molecule has 1 aliphatic heterocycles. The van der Waals surface area contributed by atoms with Gasteiger partial charge < -0.3 is 0 Å². The maximum Gasteiger partial charge on any atom is 0.277 e. The number of nitrogens with zero attached hydrogens (tertiary/aromatic N) is 2. The van der Waals surface area contributed by atoms with Gasteiger partial charge in [-0.05, 0) is 31.0 Å². The summed E-state index contributed by atoms with van der Waals surface area (Å²) in [7, 11) is -0.667. The highest BCUT2D eigenvalue weighted by Crippen LogP contribution is 2.21. The summed E-state index contributed by atoms with van der Waals surface area (Å²) in [6, 6.07) is 6.08. The van der Waals surface area contributed by atoms with Gasteiger partial charge in [-0.25, -0.2) is 13.5 Å². The van der Waals surface area contributed by atoms with Crippen LogP contribution in [0.2, 0.25) is 0 Å². The molecule has 1 amide bonds. The molecule has 116 valence electrons. The van der Waals surface area contributed by atoms with Gasteiger partial charge in [0.2, 0.25) is 10.0 Å². The van der Waals surface area contributed by atoms with Crippen LogP contribution in [0.4, 0.5) is 0 Å². The fourth-order valence-corrected chi connectivity index (χ4v) is 3.87. The van der Waals surface area contributed by atoms with E-state index < -0.39 is 10.0 Å². The number of carbonyl (C=O) groups excluding carboxylic acids is 1. The van der Waals surface area contributed by atoms with Crippen LogP contribution in [-0.4, -0.2) is 50.9 Å². The Morgan fingerprint density at radius 3 is 2.52 bits per heavy atom. The Hall–Kier alpha value is -1.44. The summed E-state index contributed by atoms with van der Waals surface area (Å²) in [5.41, 5.74) is 0.289. The number of rotatable bonds is 4. The molecule has 21 heavy (non-hydrogen) atoms. The maximum absolute atomic E-state index is 12.6. The Morgan fingerprint density at radius 2 is 1.90 bits per heavy atom. The first-order valence-corrected chi connectivity index (χ1v) is 8.33. The van der Waals surface area contributed by atoms with Gasteiger partial charge in [0, 0.05) is 25.7 Å². The van der Waals surface area contributed by atoms with Gasteiger partial charge in [-0.3, -0.25) is 9.63 Å². The lowest BCUT2D eigenvalue weighted by atomic mass is 10.2. The molecule has 0 aromatic heterocycles. The van der Waals surface area contributed by atoms with E-state index in [2.05, 4.69) is 0 Å². The second-order valence-electron chi connectivity index (χ2n) is 4.98. The third kappa shape index (κ3) is 3.42. The molecule has 2 rings (SSSR count). The van der Waals surface area contributed by atoms with Crippen molar-refractivity contribution >= 4 is 15.9 Å². The summed E-state index contributed by atoms with van der Waals surface area (Å²) in [5, 5.41) is 1.06. The van der Waals surface area contributed by atoms with Crippen LogP contribution in [-0.2, 0) is 14.9 Å². The molecule has 0 unspecified atom stereocenters. The zero-order valence-electron chi connectivity index (χ0n) is 12.3. The third-order valence-corrected chi connectivity index (χ3v) is 5.49. The van der Waals surface area contributed by atoms with Crippen molar-refractivity contribution in [1.29, 1.82) is 0 Å². The number of carbonyl (C=O) groups is 1. The number of hydroxylamine groups is 2. The van der Waals surface area contributed by atoms with E-state index in [0.29, 0.717) is 13.1 Å². The molecule has 1 fully saturated rings. The number of hydrogen-bond acceptors (Lipinski definition) is 4. The lowest BCUT2D eigenvalue weighted by molar-refractivity contribution is -0.0757. The van der Waals surface area contributed by atoms with E-state index >= 15 is 0 Å². The van der Waals surface area contributed by atoms with E-state index in [-0.39, 0.29) is 16.4 Å². The van der Waals surface area contributed by atoms with E-state index in [1.807, 2.05) is 0 Å². The smallest absolute Gasteiger partial charge is 0.274 e. The van der Waals surface area contributed by atoms with Crippen LogP contribution in [0.15, 0.2) is 29.2 Å². The molecule has 0 saturated carbocycles. The van der Waals surface area contributed by atoms with Crippen molar-refractivity contribution in [3.8, 4) is 0 Å². The summed E-state index contributed by atoms with van der Waals surface area (Å²) in [6.07, 6.45) is 2.82. The molecule has 1 heterocycles. The normalized spacial score (nSPS) is 16.7. The predicted molar refractivity (Wildman–Crippen MR) is 78.2 cm³/mol. The van der Waals surface area contributed by atoms with E-state index in [4.69, 9.17) is 4.84 Å². The SMILES string of the molecule is CON(C)C(=O)c1cccc(S(=O)(=O)N2CCCCC2)c1. The molecule has 1 aromatic rings. The van der Waals surface area contributed by atoms with Gasteiger partial charge in [0.25, 0.3) is 5.91 Å². The second kappa shape index (κ2) is 6.55. The van der Waals surface area contributed by atoms with Crippen LogP contribution in [0.3, 0.4) is 0 Å². The molecular formula is C14H20N2O4S. The third-order valence-electron chi connectivity index (χ3n) is 3.59. The molecule has 0 aliphatic carbocycles. The largest absolute Gasteiger partial charge is 0.277 e. The van der Waals surface area contributed by atoms with Gasteiger partial charge in [-0.1, -0.05) is 12.5 Å². The number of piperidine rings is 1. The number of sulfonamides is 1. The van der Waals surface area contributed by atoms with Crippen molar-refractivity contribution in [1.82, 2.24) is 9.37 Å². The van der Waals surface area contributed by atoms with E-state index in [1.165, 1.54) is 30.6 Å². The highest BCUT2D eigenvalue weighted by atomic mass is 32.2. The fraction of sp³-hybridized carbons (Fsp3) is 0.500. The Kier molecular flexibility index (Phi) is 4.97. The molecule has 0 N–H and O–H groups in total. The van der Waals surface area contributed by atoms with Gasteiger partial charge in [-0.15, -0.1) is 0 Å². The number of amides is 1. The molecule has 7 heteroatoms. The average Bonchev–Trinajstić information content (AvgIpc) is 2.54. The van der Waals surface area contributed by atoms with Crippen molar-refractivity contribution in [3.63, 3.8) is 0 Å². The molecule has 0 bridgehead atoms. The van der Waals surface area contributed by atoms with Crippen molar-refractivity contribution in [2.24, 2.45) is 0 Å². The van der Waals surface area contributed by atoms with E-state index in [1.54, 1.807) is 12.1 Å². The van der Waals surface area contributed by atoms with Crippen molar-refractivity contribution in [2.45, 2.75) is 24.2 Å². The van der Waals surface area contributed by atoms with Crippen LogP contribution >= 0.6 is 0 Å². The topological polar surface area (TPSA) is 66.9 Å². The lowest BCUT2D eigenvalue weighted by Crippen LogP contribution is -2.35. The molecule has 6 nitrogen and oxygen atoms in total. The zero-order chi connectivity index (χ0) is 15.5. The minimum atomic E-state index is -3.53. The van der Waals surface area contributed by atoms with Crippen LogP contribution in [0.5, 0.6) is 0 Å². The maximum atomic E-state index is 12.6. The summed E-state index contributed by atoms with van der Waals surface area (Å²) < 4.78 is 26.6. The molecular weight excluding hydrogens is 292 g/mol. The highest BCUT2D eigenvalue weighted by molar-refractivity contribution is 7.89. The average molecular weight is 312 g/mol. The van der Waals surface area contributed by atoms with Crippen molar-refractivity contribution < 1.29 is 18.0 Å². The predicted octanol–water partition coefficient (Wildman–Crippen LogP) is 1.49. The minimum absolute atomic E-state index is 0.153. The Morgan fingerprint density at radius 1 is 1.24 bits per heavy atom. The van der Waals surface area contributed by atoms with E-state index in [0.717, 1.165) is 24.3 Å². The Labute approximate surface area is 125 Å². The van der Waals surface area contributed by atoms with Crippen molar-refractivity contribution in [2.75, 3.05) is 27.2 Å². The van der Waals surface area contributed by atoms with Gasteiger partial charge in [0.15, 0.2) is 0 Å². The van der Waals surface area contributed by atoms with Gasteiger partial charge in [-0.2, -0.15) is 4.31 Å². The van der Waals surface area contributed by atoms with Crippen LogP contribution < -0.4 is 0 Å². The summed E-state index contributed by atoms with van der Waals surface area (Å²) in [5.74, 6) is -0.381. The second-order valence-corrected chi connectivity index (χ2v) is 6.92. The quantitative estimate of drug-likeness (QED) is 0.790. The van der Waals surface area contributed by atoms with Gasteiger partial charge in [0.1, 0.15) is 0 Å². The first kappa shape index (κ1) is 15.9.